The minimum Gasteiger partial charge on any atom is -0.355 e. The Hall–Kier alpha value is -1.63. The molecule has 0 saturated carbocycles. The van der Waals surface area contributed by atoms with Gasteiger partial charge in [-0.25, -0.2) is 0 Å². The molecule has 4 heterocycles. The molecular formula is C22H36N6. The highest BCUT2D eigenvalue weighted by Crippen LogP contribution is 2.20. The zero-order chi connectivity index (χ0) is 19.3. The topological polar surface area (TPSA) is 46.1 Å². The molecule has 4 aliphatic heterocycles. The van der Waals surface area contributed by atoms with Gasteiger partial charge in [-0.15, -0.1) is 0 Å². The third kappa shape index (κ3) is 4.85. The van der Waals surface area contributed by atoms with Crippen LogP contribution in [0.5, 0.6) is 0 Å². The standard InChI is InChI=1S/C22H36N6/c1-18-14-20(8-9-28(18)16-19-6-4-3-5-7-19)25-22(23-2)24-15-21-17-26-10-12-27(21)13-11-26/h3-7,18,20-21H,8-17H2,1-2H3,(H2,23,24,25). The Labute approximate surface area is 170 Å². The number of nitrogens with one attached hydrogen (secondary N) is 2. The van der Waals surface area contributed by atoms with Crippen LogP contribution >= 0.6 is 0 Å². The van der Waals surface area contributed by atoms with Gasteiger partial charge in [0, 0.05) is 77.5 Å². The smallest absolute Gasteiger partial charge is 0.191 e. The Morgan fingerprint density at radius 1 is 1.11 bits per heavy atom. The van der Waals surface area contributed by atoms with E-state index in [4.69, 9.17) is 0 Å². The van der Waals surface area contributed by atoms with E-state index >= 15 is 0 Å². The van der Waals surface area contributed by atoms with Gasteiger partial charge in [0.1, 0.15) is 0 Å². The molecule has 0 spiro atoms. The molecular weight excluding hydrogens is 348 g/mol. The van der Waals surface area contributed by atoms with Crippen molar-refractivity contribution in [2.45, 2.75) is 44.4 Å². The predicted octanol–water partition coefficient (Wildman–Crippen LogP) is 1.20. The van der Waals surface area contributed by atoms with Crippen LogP contribution in [-0.4, -0.2) is 91.6 Å². The zero-order valence-electron chi connectivity index (χ0n) is 17.5. The number of likely N-dealkylation sites (tertiary alicyclic amines) is 1. The second-order valence-corrected chi connectivity index (χ2v) is 8.61. The number of hydrogen-bond donors (Lipinski definition) is 2. The lowest BCUT2D eigenvalue weighted by Gasteiger charge is -2.47. The van der Waals surface area contributed by atoms with Crippen molar-refractivity contribution in [3.63, 3.8) is 0 Å². The molecule has 154 valence electrons. The number of fused-ring (bicyclic) bond motifs is 3. The molecule has 3 atom stereocenters. The second kappa shape index (κ2) is 9.25. The molecule has 1 aromatic carbocycles. The summed E-state index contributed by atoms with van der Waals surface area (Å²) in [6.45, 7) is 11.6. The van der Waals surface area contributed by atoms with Crippen molar-refractivity contribution in [3.8, 4) is 0 Å². The van der Waals surface area contributed by atoms with E-state index < -0.39 is 0 Å². The van der Waals surface area contributed by atoms with Crippen LogP contribution < -0.4 is 10.6 Å². The minimum atomic E-state index is 0.500. The van der Waals surface area contributed by atoms with Gasteiger partial charge in [0.2, 0.25) is 0 Å². The first kappa shape index (κ1) is 19.7. The van der Waals surface area contributed by atoms with Gasteiger partial charge in [0.25, 0.3) is 0 Å². The summed E-state index contributed by atoms with van der Waals surface area (Å²) in [5.41, 5.74) is 1.41. The lowest BCUT2D eigenvalue weighted by atomic mass is 9.97. The summed E-state index contributed by atoms with van der Waals surface area (Å²) in [7, 11) is 1.89. The van der Waals surface area contributed by atoms with Crippen LogP contribution in [0.3, 0.4) is 0 Å². The van der Waals surface area contributed by atoms with Crippen LogP contribution in [-0.2, 0) is 6.54 Å². The van der Waals surface area contributed by atoms with Crippen LogP contribution in [0.4, 0.5) is 0 Å². The summed E-state index contributed by atoms with van der Waals surface area (Å²) in [4.78, 5) is 12.3. The first-order valence-corrected chi connectivity index (χ1v) is 10.9. The maximum Gasteiger partial charge on any atom is 0.191 e. The van der Waals surface area contributed by atoms with Gasteiger partial charge >= 0.3 is 0 Å². The lowest BCUT2D eigenvalue weighted by molar-refractivity contribution is 0.0154. The third-order valence-electron chi connectivity index (χ3n) is 6.70. The first-order chi connectivity index (χ1) is 13.7. The van der Waals surface area contributed by atoms with E-state index in [9.17, 15) is 0 Å². The minimum absolute atomic E-state index is 0.500. The average molecular weight is 385 g/mol. The molecule has 0 aromatic heterocycles. The Kier molecular flexibility index (Phi) is 6.50. The number of rotatable bonds is 5. The highest BCUT2D eigenvalue weighted by Gasteiger charge is 2.32. The van der Waals surface area contributed by atoms with Gasteiger partial charge in [-0.2, -0.15) is 0 Å². The van der Waals surface area contributed by atoms with E-state index in [1.807, 2.05) is 7.05 Å². The molecule has 6 nitrogen and oxygen atoms in total. The van der Waals surface area contributed by atoms with Crippen LogP contribution in [0, 0.1) is 0 Å². The normalized spacial score (nSPS) is 33.6. The molecule has 0 aliphatic carbocycles. The molecule has 1 aromatic rings. The molecule has 4 aliphatic rings. The Bertz CT molecular complexity index is 640. The zero-order valence-corrected chi connectivity index (χ0v) is 17.5. The van der Waals surface area contributed by atoms with Gasteiger partial charge in [0.15, 0.2) is 5.96 Å². The van der Waals surface area contributed by atoms with Gasteiger partial charge < -0.3 is 10.6 Å². The summed E-state index contributed by atoms with van der Waals surface area (Å²) >= 11 is 0. The second-order valence-electron chi connectivity index (χ2n) is 8.61. The molecule has 0 amide bonds. The van der Waals surface area contributed by atoms with E-state index in [0.717, 1.165) is 32.0 Å². The third-order valence-corrected chi connectivity index (χ3v) is 6.70. The Morgan fingerprint density at radius 3 is 2.54 bits per heavy atom. The lowest BCUT2D eigenvalue weighted by Crippen LogP contribution is -2.64. The van der Waals surface area contributed by atoms with Crippen molar-refractivity contribution in [3.05, 3.63) is 35.9 Å². The molecule has 3 unspecified atom stereocenters. The van der Waals surface area contributed by atoms with Crippen molar-refractivity contribution in [2.75, 3.05) is 52.9 Å². The van der Waals surface area contributed by atoms with Crippen molar-refractivity contribution in [1.29, 1.82) is 0 Å². The van der Waals surface area contributed by atoms with Crippen LogP contribution in [0.2, 0.25) is 0 Å². The SMILES string of the molecule is CN=C(NCC1CN2CCN1CC2)NC1CCN(Cc2ccccc2)C(C)C1. The number of benzene rings is 1. The fraction of sp³-hybridized carbons (Fsp3) is 0.682. The molecule has 6 heteroatoms. The molecule has 2 bridgehead atoms. The number of piperidine rings is 1. The van der Waals surface area contributed by atoms with Gasteiger partial charge in [0.05, 0.1) is 0 Å². The maximum absolute atomic E-state index is 4.49. The average Bonchev–Trinajstić information content (AvgIpc) is 2.74. The van der Waals surface area contributed by atoms with E-state index in [1.54, 1.807) is 0 Å². The number of aliphatic imine (C=N–C) groups is 1. The van der Waals surface area contributed by atoms with Crippen molar-refractivity contribution in [1.82, 2.24) is 25.3 Å². The highest BCUT2D eigenvalue weighted by molar-refractivity contribution is 5.80. The van der Waals surface area contributed by atoms with E-state index in [0.29, 0.717) is 18.1 Å². The largest absolute Gasteiger partial charge is 0.355 e. The molecule has 28 heavy (non-hydrogen) atoms. The van der Waals surface area contributed by atoms with E-state index in [2.05, 4.69) is 67.6 Å². The Morgan fingerprint density at radius 2 is 1.89 bits per heavy atom. The van der Waals surface area contributed by atoms with Gasteiger partial charge in [-0.05, 0) is 25.3 Å². The predicted molar refractivity (Wildman–Crippen MR) is 116 cm³/mol. The molecule has 4 saturated heterocycles. The number of piperazine rings is 3. The van der Waals surface area contributed by atoms with Crippen LogP contribution in [0.15, 0.2) is 35.3 Å². The summed E-state index contributed by atoms with van der Waals surface area (Å²) in [5.74, 6) is 0.964. The summed E-state index contributed by atoms with van der Waals surface area (Å²) in [6, 6.07) is 12.5. The molecule has 4 fully saturated rings. The van der Waals surface area contributed by atoms with Crippen molar-refractivity contribution >= 4 is 5.96 Å². The van der Waals surface area contributed by atoms with Crippen LogP contribution in [0.1, 0.15) is 25.3 Å². The van der Waals surface area contributed by atoms with E-state index in [1.165, 1.54) is 44.7 Å². The number of hydrogen-bond acceptors (Lipinski definition) is 4. The quantitative estimate of drug-likeness (QED) is 0.590. The van der Waals surface area contributed by atoms with Crippen molar-refractivity contribution < 1.29 is 0 Å². The van der Waals surface area contributed by atoms with Gasteiger partial charge in [-0.3, -0.25) is 19.7 Å². The fourth-order valence-electron chi connectivity index (χ4n) is 4.93. The van der Waals surface area contributed by atoms with E-state index in [-0.39, 0.29) is 0 Å². The Balaban J connectivity index is 1.22. The summed E-state index contributed by atoms with van der Waals surface area (Å²) in [5, 5.41) is 7.28. The number of nitrogens with zero attached hydrogens (tertiary/aromatic N) is 4. The molecule has 0 radical (unpaired) electrons. The maximum atomic E-state index is 4.49. The molecule has 2 N–H and O–H groups in total. The molecule has 5 rings (SSSR count). The first-order valence-electron chi connectivity index (χ1n) is 10.9. The van der Waals surface area contributed by atoms with Crippen molar-refractivity contribution in [2.24, 2.45) is 4.99 Å². The number of guanidine groups is 1. The summed E-state index contributed by atoms with van der Waals surface area (Å²) < 4.78 is 0. The highest BCUT2D eigenvalue weighted by atomic mass is 15.4. The van der Waals surface area contributed by atoms with Gasteiger partial charge in [-0.1, -0.05) is 30.3 Å². The van der Waals surface area contributed by atoms with Crippen LogP contribution in [0.25, 0.3) is 0 Å². The fourth-order valence-corrected chi connectivity index (χ4v) is 4.93. The monoisotopic (exact) mass is 384 g/mol. The summed E-state index contributed by atoms with van der Waals surface area (Å²) in [6.07, 6.45) is 2.33.